The van der Waals surface area contributed by atoms with Crippen molar-refractivity contribution >= 4 is 5.91 Å². The van der Waals surface area contributed by atoms with Gasteiger partial charge in [-0.1, -0.05) is 24.4 Å². The topological polar surface area (TPSA) is 72.4 Å². The van der Waals surface area contributed by atoms with Gasteiger partial charge in [-0.2, -0.15) is 4.98 Å². The Bertz CT molecular complexity index is 600. The van der Waals surface area contributed by atoms with E-state index in [1.807, 2.05) is 11.9 Å². The minimum atomic E-state index is 0.143. The van der Waals surface area contributed by atoms with Crippen LogP contribution in [0.25, 0.3) is 11.6 Å². The molecule has 2 aromatic rings. The summed E-state index contributed by atoms with van der Waals surface area (Å²) in [5.41, 5.74) is 0. The molecule has 22 heavy (non-hydrogen) atoms. The van der Waals surface area contributed by atoms with Gasteiger partial charge in [0.1, 0.15) is 0 Å². The zero-order valence-electron chi connectivity index (χ0n) is 12.8. The van der Waals surface area contributed by atoms with Gasteiger partial charge >= 0.3 is 0 Å². The number of aromatic nitrogens is 2. The maximum atomic E-state index is 12.3. The van der Waals surface area contributed by atoms with Gasteiger partial charge in [-0.05, 0) is 25.0 Å². The van der Waals surface area contributed by atoms with Gasteiger partial charge in [-0.25, -0.2) is 0 Å². The third-order valence-electron chi connectivity index (χ3n) is 4.28. The van der Waals surface area contributed by atoms with E-state index in [-0.39, 0.29) is 5.91 Å². The predicted octanol–water partition coefficient (Wildman–Crippen LogP) is 3.05. The molecule has 0 atom stereocenters. The van der Waals surface area contributed by atoms with Gasteiger partial charge in [-0.15, -0.1) is 0 Å². The number of hydrogen-bond acceptors (Lipinski definition) is 5. The summed E-state index contributed by atoms with van der Waals surface area (Å²) in [6, 6.07) is 3.94. The van der Waals surface area contributed by atoms with Crippen LogP contribution in [0.5, 0.6) is 0 Å². The van der Waals surface area contributed by atoms with E-state index in [0.29, 0.717) is 36.4 Å². The number of furan rings is 1. The number of rotatable bonds is 5. The lowest BCUT2D eigenvalue weighted by Gasteiger charge is -2.31. The summed E-state index contributed by atoms with van der Waals surface area (Å²) < 4.78 is 10.4. The third-order valence-corrected chi connectivity index (χ3v) is 4.28. The molecular formula is C16H21N3O3. The van der Waals surface area contributed by atoms with E-state index in [1.165, 1.54) is 19.3 Å². The highest BCUT2D eigenvalue weighted by Gasteiger charge is 2.22. The Balaban J connectivity index is 1.52. The molecule has 0 saturated heterocycles. The standard InChI is InChI=1S/C16H21N3O3/c1-19(12-6-3-2-4-7-12)15(20)10-9-14-17-16(18-22-14)13-8-5-11-21-13/h5,8,11-12H,2-4,6-7,9-10H2,1H3. The van der Waals surface area contributed by atoms with Crippen LogP contribution >= 0.6 is 0 Å². The smallest absolute Gasteiger partial charge is 0.238 e. The van der Waals surface area contributed by atoms with Crippen LogP contribution in [0, 0.1) is 0 Å². The van der Waals surface area contributed by atoms with Crippen LogP contribution in [-0.2, 0) is 11.2 Å². The molecule has 1 aliphatic rings. The number of amides is 1. The fraction of sp³-hybridized carbons (Fsp3) is 0.562. The number of carbonyl (C=O) groups excluding carboxylic acids is 1. The van der Waals surface area contributed by atoms with Crippen molar-refractivity contribution in [3.8, 4) is 11.6 Å². The van der Waals surface area contributed by atoms with E-state index in [0.717, 1.165) is 12.8 Å². The summed E-state index contributed by atoms with van der Waals surface area (Å²) in [5, 5.41) is 3.87. The molecule has 0 unspecified atom stereocenters. The van der Waals surface area contributed by atoms with Crippen LogP contribution in [0.2, 0.25) is 0 Å². The summed E-state index contributed by atoms with van der Waals surface area (Å²) in [4.78, 5) is 18.4. The van der Waals surface area contributed by atoms with Gasteiger partial charge in [0.2, 0.25) is 17.6 Å². The summed E-state index contributed by atoms with van der Waals surface area (Å²) in [7, 11) is 1.90. The summed E-state index contributed by atoms with van der Waals surface area (Å²) in [5.74, 6) is 1.61. The lowest BCUT2D eigenvalue weighted by atomic mass is 9.94. The zero-order valence-corrected chi connectivity index (χ0v) is 12.8. The molecule has 118 valence electrons. The van der Waals surface area contributed by atoms with Gasteiger partial charge in [-0.3, -0.25) is 4.79 Å². The van der Waals surface area contributed by atoms with Crippen molar-refractivity contribution in [1.29, 1.82) is 0 Å². The van der Waals surface area contributed by atoms with Crippen molar-refractivity contribution in [2.75, 3.05) is 7.05 Å². The molecule has 1 fully saturated rings. The Labute approximate surface area is 129 Å². The second-order valence-electron chi connectivity index (χ2n) is 5.79. The Kier molecular flexibility index (Phi) is 4.56. The van der Waals surface area contributed by atoms with Crippen LogP contribution in [-0.4, -0.2) is 34.0 Å². The molecule has 0 radical (unpaired) electrons. The molecule has 1 aliphatic carbocycles. The maximum absolute atomic E-state index is 12.3. The highest BCUT2D eigenvalue weighted by atomic mass is 16.5. The van der Waals surface area contributed by atoms with Gasteiger partial charge < -0.3 is 13.8 Å². The summed E-state index contributed by atoms with van der Waals surface area (Å²) in [6.45, 7) is 0. The molecule has 0 bridgehead atoms. The van der Waals surface area contributed by atoms with Gasteiger partial charge in [0.25, 0.3) is 0 Å². The van der Waals surface area contributed by atoms with E-state index in [9.17, 15) is 4.79 Å². The van der Waals surface area contributed by atoms with Crippen molar-refractivity contribution in [3.05, 3.63) is 24.3 Å². The fourth-order valence-corrected chi connectivity index (χ4v) is 2.92. The molecule has 1 amide bonds. The number of carbonyl (C=O) groups is 1. The second-order valence-corrected chi connectivity index (χ2v) is 5.79. The third kappa shape index (κ3) is 3.37. The molecule has 0 spiro atoms. The molecular weight excluding hydrogens is 282 g/mol. The van der Waals surface area contributed by atoms with E-state index in [4.69, 9.17) is 8.94 Å². The average Bonchev–Trinajstić information content (AvgIpc) is 3.23. The molecule has 6 nitrogen and oxygen atoms in total. The largest absolute Gasteiger partial charge is 0.461 e. The molecule has 2 aromatic heterocycles. The van der Waals surface area contributed by atoms with Crippen molar-refractivity contribution in [2.24, 2.45) is 0 Å². The average molecular weight is 303 g/mol. The molecule has 2 heterocycles. The molecule has 0 N–H and O–H groups in total. The van der Waals surface area contributed by atoms with Gasteiger partial charge in [0, 0.05) is 25.9 Å². The Morgan fingerprint density at radius 2 is 2.18 bits per heavy atom. The first kappa shape index (κ1) is 14.8. The Morgan fingerprint density at radius 1 is 1.36 bits per heavy atom. The number of hydrogen-bond donors (Lipinski definition) is 0. The molecule has 1 saturated carbocycles. The van der Waals surface area contributed by atoms with Gasteiger partial charge in [0.05, 0.1) is 6.26 Å². The Hall–Kier alpha value is -2.11. The lowest BCUT2D eigenvalue weighted by Crippen LogP contribution is -2.38. The van der Waals surface area contributed by atoms with Crippen LogP contribution in [0.4, 0.5) is 0 Å². The first-order valence-electron chi connectivity index (χ1n) is 7.86. The normalized spacial score (nSPS) is 15.9. The maximum Gasteiger partial charge on any atom is 0.238 e. The van der Waals surface area contributed by atoms with E-state index in [1.54, 1.807) is 18.4 Å². The summed E-state index contributed by atoms with van der Waals surface area (Å²) in [6.07, 6.45) is 8.38. The van der Waals surface area contributed by atoms with E-state index in [2.05, 4.69) is 10.1 Å². The first-order valence-corrected chi connectivity index (χ1v) is 7.86. The first-order chi connectivity index (χ1) is 10.7. The molecule has 0 aromatic carbocycles. The Morgan fingerprint density at radius 3 is 2.91 bits per heavy atom. The van der Waals surface area contributed by atoms with Crippen molar-refractivity contribution in [3.63, 3.8) is 0 Å². The van der Waals surface area contributed by atoms with E-state index >= 15 is 0 Å². The quantitative estimate of drug-likeness (QED) is 0.849. The molecule has 0 aliphatic heterocycles. The van der Waals surface area contributed by atoms with Crippen LogP contribution in [0.15, 0.2) is 27.3 Å². The molecule has 3 rings (SSSR count). The van der Waals surface area contributed by atoms with Crippen LogP contribution < -0.4 is 0 Å². The molecule has 6 heteroatoms. The summed E-state index contributed by atoms with van der Waals surface area (Å²) >= 11 is 0. The highest BCUT2D eigenvalue weighted by molar-refractivity contribution is 5.76. The van der Waals surface area contributed by atoms with Crippen molar-refractivity contribution < 1.29 is 13.7 Å². The highest BCUT2D eigenvalue weighted by Crippen LogP contribution is 2.22. The lowest BCUT2D eigenvalue weighted by molar-refractivity contribution is -0.132. The van der Waals surface area contributed by atoms with Crippen LogP contribution in [0.3, 0.4) is 0 Å². The van der Waals surface area contributed by atoms with Gasteiger partial charge in [0.15, 0.2) is 5.76 Å². The SMILES string of the molecule is CN(C(=O)CCc1nc(-c2ccco2)no1)C1CCCCC1. The fourth-order valence-electron chi connectivity index (χ4n) is 2.92. The van der Waals surface area contributed by atoms with Crippen LogP contribution in [0.1, 0.15) is 44.4 Å². The number of aryl methyl sites for hydroxylation is 1. The monoisotopic (exact) mass is 303 g/mol. The second kappa shape index (κ2) is 6.77. The zero-order chi connectivity index (χ0) is 15.4. The minimum absolute atomic E-state index is 0.143. The van der Waals surface area contributed by atoms with E-state index < -0.39 is 0 Å². The predicted molar refractivity (Wildman–Crippen MR) is 80.0 cm³/mol. The van der Waals surface area contributed by atoms with Crippen molar-refractivity contribution in [2.45, 2.75) is 51.0 Å². The number of nitrogens with zero attached hydrogens (tertiary/aromatic N) is 3. The van der Waals surface area contributed by atoms with Crippen molar-refractivity contribution in [1.82, 2.24) is 15.0 Å². The minimum Gasteiger partial charge on any atom is -0.461 e.